The lowest BCUT2D eigenvalue weighted by Crippen LogP contribution is -2.17. The zero-order valence-corrected chi connectivity index (χ0v) is 9.87. The van der Waals surface area contributed by atoms with Crippen LogP contribution in [0, 0.1) is 11.6 Å². The van der Waals surface area contributed by atoms with Crippen LogP contribution in [-0.2, 0) is 0 Å². The Bertz CT molecular complexity index is 646. The number of halogens is 2. The predicted octanol–water partition coefficient (Wildman–Crippen LogP) is 1.77. The molecule has 9 heteroatoms. The van der Waals surface area contributed by atoms with Crippen molar-refractivity contribution in [3.05, 3.63) is 41.1 Å². The second kappa shape index (κ2) is 5.06. The van der Waals surface area contributed by atoms with Crippen LogP contribution in [-0.4, -0.2) is 26.6 Å². The molecule has 0 spiro atoms. The Labute approximate surface area is 108 Å². The zero-order valence-electron chi connectivity index (χ0n) is 9.05. The molecule has 1 aromatic heterocycles. The summed E-state index contributed by atoms with van der Waals surface area (Å²) in [6.45, 7) is 0. The summed E-state index contributed by atoms with van der Waals surface area (Å²) in [7, 11) is 0. The van der Waals surface area contributed by atoms with Gasteiger partial charge in [0, 0.05) is 11.5 Å². The van der Waals surface area contributed by atoms with E-state index in [1.54, 1.807) is 0 Å². The van der Waals surface area contributed by atoms with Crippen molar-refractivity contribution >= 4 is 28.4 Å². The number of rotatable bonds is 3. The highest BCUT2D eigenvalue weighted by Crippen LogP contribution is 2.18. The van der Waals surface area contributed by atoms with Crippen LogP contribution in [0.2, 0.25) is 0 Å². The normalized spacial score (nSPS) is 10.2. The van der Waals surface area contributed by atoms with E-state index in [0.29, 0.717) is 12.1 Å². The summed E-state index contributed by atoms with van der Waals surface area (Å²) in [4.78, 5) is 22.7. The van der Waals surface area contributed by atoms with Gasteiger partial charge in [0.05, 0.1) is 17.3 Å². The van der Waals surface area contributed by atoms with Gasteiger partial charge in [-0.25, -0.2) is 13.6 Å². The Kier molecular flexibility index (Phi) is 3.47. The molecule has 1 amide bonds. The average Bonchev–Trinajstić information content (AvgIpc) is 2.84. The summed E-state index contributed by atoms with van der Waals surface area (Å²) in [5.74, 6) is -5.07. The van der Waals surface area contributed by atoms with Crippen LogP contribution in [0.4, 0.5) is 13.8 Å². The molecule has 98 valence electrons. The molecule has 0 radical (unpaired) electrons. The van der Waals surface area contributed by atoms with Crippen LogP contribution in [0.3, 0.4) is 0 Å². The van der Waals surface area contributed by atoms with E-state index < -0.39 is 34.6 Å². The van der Waals surface area contributed by atoms with Gasteiger partial charge in [0.2, 0.25) is 0 Å². The fourth-order valence-electron chi connectivity index (χ4n) is 1.31. The van der Waals surface area contributed by atoms with Crippen LogP contribution in [0.15, 0.2) is 18.3 Å². The number of nitrogens with one attached hydrogen (secondary N) is 1. The standard InChI is InChI=1S/C10H5F2N3O3S/c11-6-1-4(5(10(17)18)2-7(6)12)9(16)14-8-3-13-15-19-8/h1-3H,(H,14,16)(H,17,18). The number of hydrogen-bond acceptors (Lipinski definition) is 5. The summed E-state index contributed by atoms with van der Waals surface area (Å²) in [6.07, 6.45) is 1.24. The summed E-state index contributed by atoms with van der Waals surface area (Å²) >= 11 is 0.859. The van der Waals surface area contributed by atoms with Crippen molar-refractivity contribution in [2.75, 3.05) is 5.32 Å². The molecule has 0 atom stereocenters. The summed E-state index contributed by atoms with van der Waals surface area (Å²) in [5, 5.41) is 14.9. The number of aromatic nitrogens is 2. The highest BCUT2D eigenvalue weighted by molar-refractivity contribution is 7.10. The molecule has 2 aromatic rings. The van der Waals surface area contributed by atoms with E-state index in [9.17, 15) is 18.4 Å². The fourth-order valence-corrected chi connectivity index (χ4v) is 1.73. The second-order valence-electron chi connectivity index (χ2n) is 3.35. The predicted molar refractivity (Wildman–Crippen MR) is 61.2 cm³/mol. The third kappa shape index (κ3) is 2.71. The topological polar surface area (TPSA) is 92.2 Å². The maximum atomic E-state index is 13.1. The second-order valence-corrected chi connectivity index (χ2v) is 4.14. The molecule has 2 N–H and O–H groups in total. The van der Waals surface area contributed by atoms with E-state index in [1.807, 2.05) is 0 Å². The lowest BCUT2D eigenvalue weighted by atomic mass is 10.1. The van der Waals surface area contributed by atoms with Gasteiger partial charge in [-0.15, -0.1) is 5.10 Å². The Morgan fingerprint density at radius 3 is 2.37 bits per heavy atom. The number of aromatic carboxylic acids is 1. The van der Waals surface area contributed by atoms with Gasteiger partial charge in [-0.2, -0.15) is 0 Å². The first-order valence-electron chi connectivity index (χ1n) is 4.80. The minimum absolute atomic E-state index is 0.256. The van der Waals surface area contributed by atoms with Gasteiger partial charge in [0.25, 0.3) is 5.91 Å². The van der Waals surface area contributed by atoms with Gasteiger partial charge >= 0.3 is 5.97 Å². The number of carboxylic acid groups (broad SMARTS) is 1. The number of carboxylic acids is 1. The van der Waals surface area contributed by atoms with Gasteiger partial charge in [-0.3, -0.25) is 4.79 Å². The third-order valence-corrected chi connectivity index (χ3v) is 2.71. The molecule has 0 saturated carbocycles. The highest BCUT2D eigenvalue weighted by Gasteiger charge is 2.20. The number of carbonyl (C=O) groups is 2. The van der Waals surface area contributed by atoms with E-state index in [1.165, 1.54) is 6.20 Å². The smallest absolute Gasteiger partial charge is 0.336 e. The Balaban J connectivity index is 2.40. The molecule has 19 heavy (non-hydrogen) atoms. The number of carbonyl (C=O) groups excluding carboxylic acids is 1. The number of hydrogen-bond donors (Lipinski definition) is 2. The molecule has 0 fully saturated rings. The monoisotopic (exact) mass is 285 g/mol. The van der Waals surface area contributed by atoms with Crippen molar-refractivity contribution < 1.29 is 23.5 Å². The van der Waals surface area contributed by atoms with E-state index >= 15 is 0 Å². The SMILES string of the molecule is O=C(O)c1cc(F)c(F)cc1C(=O)Nc1cnns1. The van der Waals surface area contributed by atoms with Crippen LogP contribution >= 0.6 is 11.5 Å². The van der Waals surface area contributed by atoms with E-state index in [4.69, 9.17) is 5.11 Å². The molecule has 0 saturated heterocycles. The zero-order chi connectivity index (χ0) is 14.0. The van der Waals surface area contributed by atoms with Gasteiger partial charge in [0.15, 0.2) is 11.6 Å². The van der Waals surface area contributed by atoms with E-state index in [0.717, 1.165) is 11.5 Å². The van der Waals surface area contributed by atoms with E-state index in [-0.39, 0.29) is 5.00 Å². The van der Waals surface area contributed by atoms with Gasteiger partial charge < -0.3 is 10.4 Å². The van der Waals surface area contributed by atoms with Crippen molar-refractivity contribution in [1.29, 1.82) is 0 Å². The van der Waals surface area contributed by atoms with Crippen molar-refractivity contribution in [3.8, 4) is 0 Å². The molecule has 0 bridgehead atoms. The average molecular weight is 285 g/mol. The maximum absolute atomic E-state index is 13.1. The van der Waals surface area contributed by atoms with Crippen LogP contribution in [0.5, 0.6) is 0 Å². The molecule has 0 unspecified atom stereocenters. The van der Waals surface area contributed by atoms with Gasteiger partial charge in [-0.1, -0.05) is 4.49 Å². The number of anilines is 1. The lowest BCUT2D eigenvalue weighted by Gasteiger charge is -2.06. The van der Waals surface area contributed by atoms with Gasteiger partial charge in [0.1, 0.15) is 5.00 Å². The largest absolute Gasteiger partial charge is 0.478 e. The fraction of sp³-hybridized carbons (Fsp3) is 0. The first-order chi connectivity index (χ1) is 8.99. The van der Waals surface area contributed by atoms with Crippen molar-refractivity contribution in [1.82, 2.24) is 9.59 Å². The lowest BCUT2D eigenvalue weighted by molar-refractivity contribution is 0.0692. The van der Waals surface area contributed by atoms with Crippen LogP contribution in [0.25, 0.3) is 0 Å². The minimum atomic E-state index is -1.54. The Morgan fingerprint density at radius 2 is 1.84 bits per heavy atom. The molecule has 1 aromatic carbocycles. The van der Waals surface area contributed by atoms with Crippen molar-refractivity contribution in [2.45, 2.75) is 0 Å². The molecular formula is C10H5F2N3O3S. The van der Waals surface area contributed by atoms with Crippen LogP contribution < -0.4 is 5.32 Å². The Hall–Kier alpha value is -2.42. The Morgan fingerprint density at radius 1 is 1.21 bits per heavy atom. The first kappa shape index (κ1) is 13.0. The van der Waals surface area contributed by atoms with Crippen molar-refractivity contribution in [2.24, 2.45) is 0 Å². The highest BCUT2D eigenvalue weighted by atomic mass is 32.1. The molecule has 0 aliphatic carbocycles. The number of benzene rings is 1. The van der Waals surface area contributed by atoms with Crippen molar-refractivity contribution in [3.63, 3.8) is 0 Å². The van der Waals surface area contributed by atoms with Gasteiger partial charge in [-0.05, 0) is 12.1 Å². The number of amides is 1. The molecular weight excluding hydrogens is 280 g/mol. The quantitative estimate of drug-likeness (QED) is 0.896. The molecule has 1 heterocycles. The summed E-state index contributed by atoms with van der Waals surface area (Å²) in [6, 6.07) is 0.986. The molecule has 0 aliphatic heterocycles. The number of nitrogens with zero attached hydrogens (tertiary/aromatic N) is 2. The maximum Gasteiger partial charge on any atom is 0.336 e. The third-order valence-electron chi connectivity index (χ3n) is 2.13. The summed E-state index contributed by atoms with van der Waals surface area (Å²) < 4.78 is 29.5. The summed E-state index contributed by atoms with van der Waals surface area (Å²) in [5.41, 5.74) is -1.12. The minimum Gasteiger partial charge on any atom is -0.478 e. The molecule has 6 nitrogen and oxygen atoms in total. The molecule has 0 aliphatic rings. The van der Waals surface area contributed by atoms with Crippen LogP contribution in [0.1, 0.15) is 20.7 Å². The first-order valence-corrected chi connectivity index (χ1v) is 5.57. The molecule has 2 rings (SSSR count). The van der Waals surface area contributed by atoms with E-state index in [2.05, 4.69) is 14.9 Å².